The molecule has 0 aromatic heterocycles. The van der Waals surface area contributed by atoms with Gasteiger partial charge in [-0.25, -0.2) is 0 Å². The second-order valence-corrected chi connectivity index (χ2v) is 6.96. The maximum Gasteiger partial charge on any atom is 0.277 e. The molecule has 2 fully saturated rings. The van der Waals surface area contributed by atoms with E-state index in [1.165, 1.54) is 4.90 Å². The molecule has 0 spiro atoms. The first-order valence-electron chi connectivity index (χ1n) is 9.52. The van der Waals surface area contributed by atoms with Gasteiger partial charge in [0.25, 0.3) is 11.8 Å². The van der Waals surface area contributed by atoms with Crippen molar-refractivity contribution in [3.05, 3.63) is 35.9 Å². The summed E-state index contributed by atoms with van der Waals surface area (Å²) >= 11 is 0. The van der Waals surface area contributed by atoms with Crippen LogP contribution in [0, 0.1) is 0 Å². The van der Waals surface area contributed by atoms with E-state index in [0.29, 0.717) is 25.1 Å². The molecule has 0 saturated carbocycles. The molecule has 2 aliphatic rings. The van der Waals surface area contributed by atoms with Crippen LogP contribution in [-0.4, -0.2) is 78.2 Å². The number of nitrogens with one attached hydrogen (secondary N) is 2. The molecule has 0 radical (unpaired) electrons. The van der Waals surface area contributed by atoms with Crippen LogP contribution in [0.1, 0.15) is 23.2 Å². The van der Waals surface area contributed by atoms with Gasteiger partial charge in [0, 0.05) is 25.2 Å². The molecule has 2 atom stereocenters. The fourth-order valence-corrected chi connectivity index (χ4v) is 3.56. The Morgan fingerprint density at radius 2 is 1.93 bits per heavy atom. The van der Waals surface area contributed by atoms with Crippen LogP contribution in [0.5, 0.6) is 0 Å². The molecule has 1 aromatic rings. The van der Waals surface area contributed by atoms with Crippen molar-refractivity contribution >= 4 is 23.6 Å². The van der Waals surface area contributed by atoms with Gasteiger partial charge in [0.15, 0.2) is 6.54 Å². The Morgan fingerprint density at radius 3 is 2.61 bits per heavy atom. The molecule has 9 heteroatoms. The molecular formula is C19H26N5O4+. The van der Waals surface area contributed by atoms with Gasteiger partial charge in [0.05, 0.1) is 6.54 Å². The Balaban J connectivity index is 1.79. The smallest absolute Gasteiger partial charge is 0.277 e. The first-order chi connectivity index (χ1) is 13.5. The van der Waals surface area contributed by atoms with E-state index in [0.717, 1.165) is 6.42 Å². The zero-order valence-corrected chi connectivity index (χ0v) is 15.7. The van der Waals surface area contributed by atoms with Gasteiger partial charge >= 0.3 is 0 Å². The minimum atomic E-state index is -0.855. The Kier molecular flexibility index (Phi) is 6.25. The minimum absolute atomic E-state index is 0.0893. The van der Waals surface area contributed by atoms with Crippen molar-refractivity contribution in [1.29, 1.82) is 0 Å². The summed E-state index contributed by atoms with van der Waals surface area (Å²) in [6, 6.07) is 7.25. The number of amides is 4. The van der Waals surface area contributed by atoms with E-state index in [1.54, 1.807) is 29.2 Å². The highest BCUT2D eigenvalue weighted by molar-refractivity contribution is 5.99. The van der Waals surface area contributed by atoms with Gasteiger partial charge in [0.2, 0.25) is 11.8 Å². The van der Waals surface area contributed by atoms with Crippen molar-refractivity contribution in [2.75, 3.05) is 32.7 Å². The normalized spacial score (nSPS) is 22.4. The highest BCUT2D eigenvalue weighted by Gasteiger charge is 2.38. The zero-order chi connectivity index (χ0) is 20.1. The van der Waals surface area contributed by atoms with Gasteiger partial charge in [-0.2, -0.15) is 0 Å². The molecular weight excluding hydrogens is 362 g/mol. The molecule has 1 aromatic carbocycles. The second kappa shape index (κ2) is 8.83. The Bertz CT molecular complexity index is 754. The molecule has 5 N–H and O–H groups in total. The maximum atomic E-state index is 13.0. The summed E-state index contributed by atoms with van der Waals surface area (Å²) in [6.45, 7) is 1.37. The second-order valence-electron chi connectivity index (χ2n) is 6.96. The maximum absolute atomic E-state index is 13.0. The Hall–Kier alpha value is -2.94. The number of rotatable bonds is 4. The molecule has 0 aliphatic carbocycles. The highest BCUT2D eigenvalue weighted by atomic mass is 16.2. The lowest BCUT2D eigenvalue weighted by Gasteiger charge is -2.40. The number of hydrogen-bond acceptors (Lipinski definition) is 4. The number of benzene rings is 1. The van der Waals surface area contributed by atoms with E-state index in [2.05, 4.69) is 16.4 Å². The van der Waals surface area contributed by atoms with Crippen molar-refractivity contribution in [2.24, 2.45) is 0 Å². The third kappa shape index (κ3) is 4.30. The molecule has 28 heavy (non-hydrogen) atoms. The molecule has 2 aliphatic heterocycles. The standard InChI is InChI=1S/C19H25N5O4/c20-11-16(25)23-9-10-24(19(28)13-5-2-1-3-6-13)15(12-23)18(27)22-14-7-4-8-21-17(14)26/h1-3,5-6,14-15H,4,7-12,20H2,(H,21,26)(H,22,27)/p+1/t14-,15-/m0/s1. The summed E-state index contributed by atoms with van der Waals surface area (Å²) in [5.74, 6) is -1.08. The van der Waals surface area contributed by atoms with E-state index in [9.17, 15) is 19.2 Å². The molecule has 0 bridgehead atoms. The monoisotopic (exact) mass is 388 g/mol. The third-order valence-electron chi connectivity index (χ3n) is 5.13. The van der Waals surface area contributed by atoms with Gasteiger partial charge < -0.3 is 26.2 Å². The summed E-state index contributed by atoms with van der Waals surface area (Å²) in [6.07, 6.45) is 1.33. The number of piperidine rings is 1. The zero-order valence-electron chi connectivity index (χ0n) is 15.7. The van der Waals surface area contributed by atoms with Crippen LogP contribution in [0.3, 0.4) is 0 Å². The van der Waals surface area contributed by atoms with Crippen LogP contribution in [0.15, 0.2) is 30.3 Å². The molecule has 2 heterocycles. The predicted molar refractivity (Wildman–Crippen MR) is 99.8 cm³/mol. The lowest BCUT2D eigenvalue weighted by atomic mass is 10.0. The minimum Gasteiger partial charge on any atom is -0.354 e. The summed E-state index contributed by atoms with van der Waals surface area (Å²) in [5.41, 5.74) is 4.09. The molecule has 2 saturated heterocycles. The first kappa shape index (κ1) is 19.8. The van der Waals surface area contributed by atoms with Gasteiger partial charge in [-0.3, -0.25) is 19.2 Å². The molecule has 150 valence electrons. The number of carbonyl (C=O) groups is 4. The number of quaternary nitrogens is 1. The molecule has 0 unspecified atom stereocenters. The molecule has 9 nitrogen and oxygen atoms in total. The molecule has 4 amide bonds. The number of carbonyl (C=O) groups excluding carboxylic acids is 4. The SMILES string of the molecule is [NH3+]CC(=O)N1CCN(C(=O)c2ccccc2)[C@H](C(=O)N[C@H]2CCCNC2=O)C1. The van der Waals surface area contributed by atoms with Crippen LogP contribution in [0.25, 0.3) is 0 Å². The largest absolute Gasteiger partial charge is 0.354 e. The van der Waals surface area contributed by atoms with E-state index >= 15 is 0 Å². The highest BCUT2D eigenvalue weighted by Crippen LogP contribution is 2.16. The fourth-order valence-electron chi connectivity index (χ4n) is 3.56. The van der Waals surface area contributed by atoms with Crippen LogP contribution in [-0.2, 0) is 14.4 Å². The van der Waals surface area contributed by atoms with Crippen LogP contribution in [0.2, 0.25) is 0 Å². The lowest BCUT2D eigenvalue weighted by molar-refractivity contribution is -0.357. The van der Waals surface area contributed by atoms with Crippen molar-refractivity contribution < 1.29 is 24.9 Å². The van der Waals surface area contributed by atoms with E-state index in [-0.39, 0.29) is 37.4 Å². The van der Waals surface area contributed by atoms with Gasteiger partial charge in [0.1, 0.15) is 12.1 Å². The summed E-state index contributed by atoms with van der Waals surface area (Å²) in [5, 5.41) is 5.48. The van der Waals surface area contributed by atoms with Gasteiger partial charge in [-0.15, -0.1) is 0 Å². The van der Waals surface area contributed by atoms with E-state index in [4.69, 9.17) is 0 Å². The predicted octanol–water partition coefficient (Wildman–Crippen LogP) is -2.02. The quantitative estimate of drug-likeness (QED) is 0.550. The third-order valence-corrected chi connectivity index (χ3v) is 5.13. The summed E-state index contributed by atoms with van der Waals surface area (Å²) in [7, 11) is 0. The van der Waals surface area contributed by atoms with Crippen LogP contribution >= 0.6 is 0 Å². The summed E-state index contributed by atoms with van der Waals surface area (Å²) < 4.78 is 0. The fraction of sp³-hybridized carbons (Fsp3) is 0.474. The Morgan fingerprint density at radius 1 is 1.18 bits per heavy atom. The number of hydrogen-bond donors (Lipinski definition) is 3. The van der Waals surface area contributed by atoms with E-state index in [1.807, 2.05) is 6.07 Å². The number of nitrogens with zero attached hydrogens (tertiary/aromatic N) is 2. The van der Waals surface area contributed by atoms with Crippen LogP contribution < -0.4 is 16.4 Å². The van der Waals surface area contributed by atoms with Crippen molar-refractivity contribution in [3.8, 4) is 0 Å². The Labute approximate surface area is 163 Å². The average Bonchev–Trinajstić information content (AvgIpc) is 2.74. The van der Waals surface area contributed by atoms with Crippen LogP contribution in [0.4, 0.5) is 0 Å². The van der Waals surface area contributed by atoms with Crippen molar-refractivity contribution in [2.45, 2.75) is 24.9 Å². The van der Waals surface area contributed by atoms with E-state index < -0.39 is 18.0 Å². The lowest BCUT2D eigenvalue weighted by Crippen LogP contribution is -2.66. The van der Waals surface area contributed by atoms with Crippen molar-refractivity contribution in [3.63, 3.8) is 0 Å². The summed E-state index contributed by atoms with van der Waals surface area (Å²) in [4.78, 5) is 53.1. The van der Waals surface area contributed by atoms with Crippen molar-refractivity contribution in [1.82, 2.24) is 20.4 Å². The average molecular weight is 388 g/mol. The first-order valence-corrected chi connectivity index (χ1v) is 9.52. The van der Waals surface area contributed by atoms with Gasteiger partial charge in [-0.05, 0) is 25.0 Å². The topological polar surface area (TPSA) is 126 Å². The van der Waals surface area contributed by atoms with Gasteiger partial charge in [-0.1, -0.05) is 18.2 Å². The number of piperazine rings is 1. The molecule has 3 rings (SSSR count).